The highest BCUT2D eigenvalue weighted by molar-refractivity contribution is 6.18. The van der Waals surface area contributed by atoms with E-state index in [1.54, 1.807) is 0 Å². The zero-order valence-corrected chi connectivity index (χ0v) is 14.7. The van der Waals surface area contributed by atoms with Crippen LogP contribution in [0.15, 0.2) is 29.3 Å². The molecule has 1 saturated carbocycles. The number of aliphatic imine (C=N–C) groups is 1. The Hall–Kier alpha value is -0.730. The fourth-order valence-electron chi connectivity index (χ4n) is 3.02. The summed E-state index contributed by atoms with van der Waals surface area (Å²) in [6.45, 7) is 2.62. The second-order valence-corrected chi connectivity index (χ2v) is 6.71. The van der Waals surface area contributed by atoms with Crippen molar-refractivity contribution in [1.82, 2.24) is 0 Å². The maximum absolute atomic E-state index is 5.85. The van der Waals surface area contributed by atoms with Crippen LogP contribution in [-0.4, -0.2) is 37.6 Å². The first-order valence-electron chi connectivity index (χ1n) is 8.30. The smallest absolute Gasteiger partial charge is 0.0417 e. The molecular weight excluding hydrogens is 315 g/mol. The Morgan fingerprint density at radius 1 is 1.00 bits per heavy atom. The Morgan fingerprint density at radius 3 is 2.23 bits per heavy atom. The number of hydrogen-bond donors (Lipinski definition) is 0. The van der Waals surface area contributed by atoms with Gasteiger partial charge in [0.2, 0.25) is 0 Å². The first kappa shape index (κ1) is 17.6. The van der Waals surface area contributed by atoms with Crippen LogP contribution in [0.2, 0.25) is 0 Å². The van der Waals surface area contributed by atoms with Crippen LogP contribution in [0.4, 0.5) is 5.69 Å². The van der Waals surface area contributed by atoms with Gasteiger partial charge in [0.1, 0.15) is 0 Å². The quantitative estimate of drug-likeness (QED) is 0.481. The molecule has 122 valence electrons. The van der Waals surface area contributed by atoms with Gasteiger partial charge in [-0.3, -0.25) is 4.99 Å². The molecule has 0 spiro atoms. The summed E-state index contributed by atoms with van der Waals surface area (Å²) in [6.07, 6.45) is 8.87. The normalized spacial score (nSPS) is 16.3. The number of rotatable bonds is 8. The van der Waals surface area contributed by atoms with Crippen molar-refractivity contribution in [2.45, 2.75) is 32.1 Å². The van der Waals surface area contributed by atoms with Gasteiger partial charge in [-0.1, -0.05) is 31.4 Å². The number of benzene rings is 1. The fourth-order valence-corrected chi connectivity index (χ4v) is 3.43. The highest BCUT2D eigenvalue weighted by atomic mass is 35.5. The standard InChI is InChI=1S/C18H26Cl2N2/c19-10-12-22(13-11-20)18-8-6-17(7-9-18)15-21-14-16-4-2-1-3-5-16/h6-9,15-16H,1-5,10-14H2. The molecule has 0 aromatic heterocycles. The SMILES string of the molecule is ClCCN(CCCl)c1ccc(C=NCC2CCCCC2)cc1. The van der Waals surface area contributed by atoms with Gasteiger partial charge in [0, 0.05) is 43.3 Å². The molecule has 0 saturated heterocycles. The summed E-state index contributed by atoms with van der Waals surface area (Å²) in [5, 5.41) is 0. The van der Waals surface area contributed by atoms with E-state index in [2.05, 4.69) is 34.2 Å². The number of halogens is 2. The summed E-state index contributed by atoms with van der Waals surface area (Å²) in [7, 11) is 0. The number of nitrogens with zero attached hydrogens (tertiary/aromatic N) is 2. The Morgan fingerprint density at radius 2 is 1.64 bits per heavy atom. The van der Waals surface area contributed by atoms with Crippen molar-refractivity contribution in [3.05, 3.63) is 29.8 Å². The van der Waals surface area contributed by atoms with Crippen LogP contribution in [0.5, 0.6) is 0 Å². The van der Waals surface area contributed by atoms with Crippen molar-refractivity contribution in [3.63, 3.8) is 0 Å². The van der Waals surface area contributed by atoms with E-state index in [1.807, 2.05) is 6.21 Å². The molecule has 1 aliphatic rings. The molecule has 0 heterocycles. The van der Waals surface area contributed by atoms with Gasteiger partial charge in [0.25, 0.3) is 0 Å². The van der Waals surface area contributed by atoms with E-state index in [4.69, 9.17) is 23.2 Å². The summed E-state index contributed by atoms with van der Waals surface area (Å²) < 4.78 is 0. The predicted molar refractivity (Wildman–Crippen MR) is 99.1 cm³/mol. The van der Waals surface area contributed by atoms with E-state index in [1.165, 1.54) is 37.8 Å². The zero-order valence-electron chi connectivity index (χ0n) is 13.2. The van der Waals surface area contributed by atoms with Gasteiger partial charge in [-0.15, -0.1) is 23.2 Å². The fraction of sp³-hybridized carbons (Fsp3) is 0.611. The topological polar surface area (TPSA) is 15.6 Å². The molecule has 1 aromatic rings. The molecule has 4 heteroatoms. The minimum absolute atomic E-state index is 0.613. The molecule has 0 unspecified atom stereocenters. The molecule has 2 nitrogen and oxygen atoms in total. The molecule has 0 atom stereocenters. The molecule has 1 aromatic carbocycles. The highest BCUT2D eigenvalue weighted by Crippen LogP contribution is 2.23. The van der Waals surface area contributed by atoms with Crippen LogP contribution >= 0.6 is 23.2 Å². The second-order valence-electron chi connectivity index (χ2n) is 5.95. The van der Waals surface area contributed by atoms with E-state index in [0.717, 1.165) is 31.1 Å². The maximum atomic E-state index is 5.85. The lowest BCUT2D eigenvalue weighted by atomic mass is 9.89. The Bertz CT molecular complexity index is 433. The van der Waals surface area contributed by atoms with E-state index in [9.17, 15) is 0 Å². The lowest BCUT2D eigenvalue weighted by molar-refractivity contribution is 0.367. The zero-order chi connectivity index (χ0) is 15.6. The third-order valence-corrected chi connectivity index (χ3v) is 4.63. The van der Waals surface area contributed by atoms with Crippen molar-refractivity contribution < 1.29 is 0 Å². The van der Waals surface area contributed by atoms with Crippen molar-refractivity contribution in [2.75, 3.05) is 36.3 Å². The molecule has 1 aliphatic carbocycles. The summed E-state index contributed by atoms with van der Waals surface area (Å²) in [4.78, 5) is 6.84. The molecule has 0 bridgehead atoms. The van der Waals surface area contributed by atoms with E-state index >= 15 is 0 Å². The molecule has 1 fully saturated rings. The number of anilines is 1. The summed E-state index contributed by atoms with van der Waals surface area (Å²) in [6, 6.07) is 8.49. The average Bonchev–Trinajstić information content (AvgIpc) is 2.56. The third kappa shape index (κ3) is 5.81. The second kappa shape index (κ2) is 10.1. The van der Waals surface area contributed by atoms with Crippen LogP contribution in [0.25, 0.3) is 0 Å². The third-order valence-electron chi connectivity index (χ3n) is 4.30. The monoisotopic (exact) mass is 340 g/mol. The number of hydrogen-bond acceptors (Lipinski definition) is 2. The Balaban J connectivity index is 1.87. The predicted octanol–water partition coefficient (Wildman–Crippen LogP) is 4.97. The van der Waals surface area contributed by atoms with Crippen LogP contribution in [0.3, 0.4) is 0 Å². The Kier molecular flexibility index (Phi) is 8.11. The Labute approximate surface area is 144 Å². The number of alkyl halides is 2. The van der Waals surface area contributed by atoms with Gasteiger partial charge in [0.15, 0.2) is 0 Å². The van der Waals surface area contributed by atoms with Gasteiger partial charge in [0.05, 0.1) is 0 Å². The van der Waals surface area contributed by atoms with Gasteiger partial charge >= 0.3 is 0 Å². The van der Waals surface area contributed by atoms with E-state index in [-0.39, 0.29) is 0 Å². The first-order valence-corrected chi connectivity index (χ1v) is 9.37. The van der Waals surface area contributed by atoms with Crippen molar-refractivity contribution >= 4 is 35.1 Å². The van der Waals surface area contributed by atoms with Gasteiger partial charge in [-0.25, -0.2) is 0 Å². The van der Waals surface area contributed by atoms with Crippen molar-refractivity contribution in [2.24, 2.45) is 10.9 Å². The molecule has 0 N–H and O–H groups in total. The summed E-state index contributed by atoms with van der Waals surface area (Å²) >= 11 is 11.7. The maximum Gasteiger partial charge on any atom is 0.0417 e. The summed E-state index contributed by atoms with van der Waals surface area (Å²) in [5.41, 5.74) is 2.34. The van der Waals surface area contributed by atoms with E-state index in [0.29, 0.717) is 11.8 Å². The molecule has 22 heavy (non-hydrogen) atoms. The molecule has 0 aliphatic heterocycles. The minimum atomic E-state index is 0.613. The van der Waals surface area contributed by atoms with E-state index < -0.39 is 0 Å². The summed E-state index contributed by atoms with van der Waals surface area (Å²) in [5.74, 6) is 2.02. The minimum Gasteiger partial charge on any atom is -0.369 e. The van der Waals surface area contributed by atoms with Gasteiger partial charge in [-0.2, -0.15) is 0 Å². The van der Waals surface area contributed by atoms with Crippen molar-refractivity contribution in [1.29, 1.82) is 0 Å². The van der Waals surface area contributed by atoms with Gasteiger partial charge < -0.3 is 4.90 Å². The first-order chi connectivity index (χ1) is 10.8. The van der Waals surface area contributed by atoms with Crippen molar-refractivity contribution in [3.8, 4) is 0 Å². The van der Waals surface area contributed by atoms with Crippen LogP contribution < -0.4 is 4.90 Å². The van der Waals surface area contributed by atoms with Gasteiger partial charge in [-0.05, 0) is 36.5 Å². The van der Waals surface area contributed by atoms with Crippen LogP contribution in [0, 0.1) is 5.92 Å². The molecular formula is C18H26Cl2N2. The lowest BCUT2D eigenvalue weighted by Crippen LogP contribution is -2.27. The molecule has 0 radical (unpaired) electrons. The average molecular weight is 341 g/mol. The van der Waals surface area contributed by atoms with Crippen LogP contribution in [-0.2, 0) is 0 Å². The lowest BCUT2D eigenvalue weighted by Gasteiger charge is -2.22. The van der Waals surface area contributed by atoms with Crippen LogP contribution in [0.1, 0.15) is 37.7 Å². The largest absolute Gasteiger partial charge is 0.369 e. The highest BCUT2D eigenvalue weighted by Gasteiger charge is 2.11. The molecule has 0 amide bonds. The molecule has 2 rings (SSSR count).